The predicted octanol–water partition coefficient (Wildman–Crippen LogP) is 1.68. The van der Waals surface area contributed by atoms with Gasteiger partial charge in [0.2, 0.25) is 0 Å². The minimum Gasteiger partial charge on any atom is -0.252 e. The summed E-state index contributed by atoms with van der Waals surface area (Å²) in [5, 5.41) is 8.34. The zero-order valence-corrected chi connectivity index (χ0v) is 5.48. The molecule has 0 aliphatic rings. The van der Waals surface area contributed by atoms with Gasteiger partial charge in [-0.15, -0.1) is 11.3 Å². The van der Waals surface area contributed by atoms with Gasteiger partial charge >= 0.3 is 0 Å². The minimum atomic E-state index is 0.484. The number of thiazole rings is 1. The fourth-order valence-electron chi connectivity index (χ4n) is 0.420. The van der Waals surface area contributed by atoms with E-state index < -0.39 is 0 Å². The molecule has 0 N–H and O–H groups in total. The Hall–Kier alpha value is -1.14. The average molecular weight is 136 g/mol. The minimum absolute atomic E-state index is 0.484. The Morgan fingerprint density at radius 3 is 3.11 bits per heavy atom. The van der Waals surface area contributed by atoms with Crippen LogP contribution in [-0.4, -0.2) is 4.98 Å². The van der Waals surface area contributed by atoms with Gasteiger partial charge < -0.3 is 0 Å². The smallest absolute Gasteiger partial charge is 0.100 e. The first-order chi connectivity index (χ1) is 4.34. The number of hydrogen-bond acceptors (Lipinski definition) is 3. The topological polar surface area (TPSA) is 36.7 Å². The van der Waals surface area contributed by atoms with Gasteiger partial charge in [0, 0.05) is 6.20 Å². The van der Waals surface area contributed by atoms with E-state index in [2.05, 4.69) is 11.6 Å². The third-order valence-electron chi connectivity index (χ3n) is 0.865. The van der Waals surface area contributed by atoms with Crippen LogP contribution >= 0.6 is 11.3 Å². The van der Waals surface area contributed by atoms with E-state index in [1.807, 2.05) is 6.07 Å². The van der Waals surface area contributed by atoms with Crippen molar-refractivity contribution in [3.05, 3.63) is 23.2 Å². The second-order valence-electron chi connectivity index (χ2n) is 1.46. The SMILES string of the molecule is C=C(C#N)c1cncs1. The summed E-state index contributed by atoms with van der Waals surface area (Å²) in [5.74, 6) is 0. The van der Waals surface area contributed by atoms with Gasteiger partial charge in [-0.05, 0) is 0 Å². The highest BCUT2D eigenvalue weighted by Crippen LogP contribution is 2.14. The molecule has 44 valence electrons. The van der Waals surface area contributed by atoms with E-state index in [-0.39, 0.29) is 0 Å². The number of aromatic nitrogens is 1. The molecule has 0 saturated heterocycles. The highest BCUT2D eigenvalue weighted by Gasteiger charge is 1.95. The summed E-state index contributed by atoms with van der Waals surface area (Å²) < 4.78 is 0. The lowest BCUT2D eigenvalue weighted by atomic mass is 10.3. The van der Waals surface area contributed by atoms with Crippen molar-refractivity contribution in [2.45, 2.75) is 0 Å². The first-order valence-electron chi connectivity index (χ1n) is 2.32. The second-order valence-corrected chi connectivity index (χ2v) is 2.34. The first kappa shape index (κ1) is 5.99. The fourth-order valence-corrected chi connectivity index (χ4v) is 0.965. The fraction of sp³-hybridized carbons (Fsp3) is 0. The molecule has 0 fully saturated rings. The molecule has 0 saturated carbocycles. The van der Waals surface area contributed by atoms with Crippen LogP contribution in [0.15, 0.2) is 18.3 Å². The molecule has 1 aromatic rings. The van der Waals surface area contributed by atoms with Crippen LogP contribution < -0.4 is 0 Å². The van der Waals surface area contributed by atoms with Gasteiger partial charge in [-0.3, -0.25) is 4.98 Å². The van der Waals surface area contributed by atoms with Gasteiger partial charge in [0.1, 0.15) is 6.07 Å². The maximum atomic E-state index is 8.34. The predicted molar refractivity (Wildman–Crippen MR) is 36.8 cm³/mol. The average Bonchev–Trinajstić information content (AvgIpc) is 2.37. The molecule has 1 heterocycles. The van der Waals surface area contributed by atoms with Gasteiger partial charge in [0.25, 0.3) is 0 Å². The van der Waals surface area contributed by atoms with Crippen LogP contribution in [0.25, 0.3) is 5.57 Å². The zero-order chi connectivity index (χ0) is 6.69. The summed E-state index contributed by atoms with van der Waals surface area (Å²) in [7, 11) is 0. The van der Waals surface area contributed by atoms with Crippen LogP contribution in [0.2, 0.25) is 0 Å². The largest absolute Gasteiger partial charge is 0.252 e. The molecule has 0 aliphatic heterocycles. The normalized spacial score (nSPS) is 8.33. The quantitative estimate of drug-likeness (QED) is 0.551. The summed E-state index contributed by atoms with van der Waals surface area (Å²) in [4.78, 5) is 4.64. The molecule has 0 aromatic carbocycles. The lowest BCUT2D eigenvalue weighted by Gasteiger charge is -1.81. The Labute approximate surface area is 57.1 Å². The standard InChI is InChI=1S/C6H4N2S/c1-5(2-7)6-3-8-4-9-6/h3-4H,1H2. The van der Waals surface area contributed by atoms with Crippen LogP contribution in [0.5, 0.6) is 0 Å². The van der Waals surface area contributed by atoms with E-state index in [0.29, 0.717) is 5.57 Å². The molecule has 0 atom stereocenters. The molecular weight excluding hydrogens is 132 g/mol. The Balaban J connectivity index is 2.93. The zero-order valence-electron chi connectivity index (χ0n) is 4.66. The van der Waals surface area contributed by atoms with Crippen molar-refractivity contribution in [3.63, 3.8) is 0 Å². The van der Waals surface area contributed by atoms with Crippen LogP contribution in [0.1, 0.15) is 4.88 Å². The molecule has 1 aromatic heterocycles. The van der Waals surface area contributed by atoms with Crippen molar-refractivity contribution >= 4 is 16.9 Å². The molecule has 0 unspecified atom stereocenters. The van der Waals surface area contributed by atoms with Gasteiger partial charge in [0.05, 0.1) is 16.0 Å². The van der Waals surface area contributed by atoms with E-state index in [0.717, 1.165) is 4.88 Å². The molecule has 9 heavy (non-hydrogen) atoms. The molecule has 0 radical (unpaired) electrons. The molecule has 1 rings (SSSR count). The maximum Gasteiger partial charge on any atom is 0.100 e. The van der Waals surface area contributed by atoms with E-state index in [1.165, 1.54) is 11.3 Å². The van der Waals surface area contributed by atoms with Crippen LogP contribution in [0, 0.1) is 11.3 Å². The van der Waals surface area contributed by atoms with Crippen molar-refractivity contribution in [2.75, 3.05) is 0 Å². The van der Waals surface area contributed by atoms with E-state index in [9.17, 15) is 0 Å². The van der Waals surface area contributed by atoms with Crippen molar-refractivity contribution in [2.24, 2.45) is 0 Å². The van der Waals surface area contributed by atoms with E-state index >= 15 is 0 Å². The van der Waals surface area contributed by atoms with Crippen LogP contribution in [0.3, 0.4) is 0 Å². The molecule has 0 bridgehead atoms. The number of nitriles is 1. The lowest BCUT2D eigenvalue weighted by molar-refractivity contribution is 1.41. The van der Waals surface area contributed by atoms with Crippen LogP contribution in [-0.2, 0) is 0 Å². The van der Waals surface area contributed by atoms with Gasteiger partial charge in [-0.25, -0.2) is 0 Å². The Kier molecular flexibility index (Phi) is 1.61. The van der Waals surface area contributed by atoms with Gasteiger partial charge in [-0.1, -0.05) is 6.58 Å². The monoisotopic (exact) mass is 136 g/mol. The van der Waals surface area contributed by atoms with Crippen molar-refractivity contribution in [3.8, 4) is 6.07 Å². The Morgan fingerprint density at radius 2 is 2.67 bits per heavy atom. The van der Waals surface area contributed by atoms with E-state index in [4.69, 9.17) is 5.26 Å². The summed E-state index contributed by atoms with van der Waals surface area (Å²) in [5.41, 5.74) is 2.16. The Morgan fingerprint density at radius 1 is 1.89 bits per heavy atom. The molecule has 0 amide bonds. The summed E-state index contributed by atoms with van der Waals surface area (Å²) in [6.07, 6.45) is 1.64. The summed E-state index contributed by atoms with van der Waals surface area (Å²) in [6.45, 7) is 3.52. The summed E-state index contributed by atoms with van der Waals surface area (Å²) in [6, 6.07) is 1.94. The van der Waals surface area contributed by atoms with E-state index in [1.54, 1.807) is 11.7 Å². The molecule has 0 aliphatic carbocycles. The van der Waals surface area contributed by atoms with Crippen molar-refractivity contribution in [1.82, 2.24) is 4.98 Å². The number of nitrogens with zero attached hydrogens (tertiary/aromatic N) is 2. The Bertz CT molecular complexity index is 243. The van der Waals surface area contributed by atoms with Gasteiger partial charge in [0.15, 0.2) is 0 Å². The first-order valence-corrected chi connectivity index (χ1v) is 3.20. The molecular formula is C6H4N2S. The summed E-state index contributed by atoms with van der Waals surface area (Å²) >= 11 is 1.42. The van der Waals surface area contributed by atoms with Crippen LogP contribution in [0.4, 0.5) is 0 Å². The van der Waals surface area contributed by atoms with Crippen molar-refractivity contribution in [1.29, 1.82) is 5.26 Å². The molecule has 0 spiro atoms. The van der Waals surface area contributed by atoms with Crippen molar-refractivity contribution < 1.29 is 0 Å². The highest BCUT2D eigenvalue weighted by molar-refractivity contribution is 7.10. The second kappa shape index (κ2) is 2.42. The highest BCUT2D eigenvalue weighted by atomic mass is 32.1. The third-order valence-corrected chi connectivity index (χ3v) is 1.70. The third kappa shape index (κ3) is 1.15. The number of hydrogen-bond donors (Lipinski definition) is 0. The maximum absolute atomic E-state index is 8.34. The molecule has 2 nitrogen and oxygen atoms in total. The number of rotatable bonds is 1. The van der Waals surface area contributed by atoms with Gasteiger partial charge in [-0.2, -0.15) is 5.26 Å². The lowest BCUT2D eigenvalue weighted by Crippen LogP contribution is -1.67. The molecule has 3 heteroatoms. The number of allylic oxidation sites excluding steroid dienone is 1.